The molecule has 0 aromatic heterocycles. The molecule has 0 N–H and O–H groups in total. The molecule has 2 rings (SSSR count). The summed E-state index contributed by atoms with van der Waals surface area (Å²) < 4.78 is 14.0. The van der Waals surface area contributed by atoms with Crippen molar-refractivity contribution in [1.82, 2.24) is 4.90 Å². The second-order valence-corrected chi connectivity index (χ2v) is 5.60. The molecular formula is C18H20FNO. The predicted octanol–water partition coefficient (Wildman–Crippen LogP) is 3.96. The SMILES string of the molecule is CC(C)(F)C(=O)N(Cc1ccccc1)Cc1ccccc1. The molecule has 0 saturated carbocycles. The van der Waals surface area contributed by atoms with Crippen LogP contribution in [0.2, 0.25) is 0 Å². The molecule has 0 spiro atoms. The van der Waals surface area contributed by atoms with Gasteiger partial charge in [-0.15, -0.1) is 0 Å². The fourth-order valence-corrected chi connectivity index (χ4v) is 2.18. The van der Waals surface area contributed by atoms with E-state index in [1.165, 1.54) is 13.8 Å². The molecule has 2 nitrogen and oxygen atoms in total. The minimum absolute atomic E-state index is 0.405. The van der Waals surface area contributed by atoms with Crippen LogP contribution in [0.25, 0.3) is 0 Å². The third-order valence-electron chi connectivity index (χ3n) is 3.23. The van der Waals surface area contributed by atoms with E-state index >= 15 is 0 Å². The van der Waals surface area contributed by atoms with Gasteiger partial charge >= 0.3 is 0 Å². The van der Waals surface area contributed by atoms with Gasteiger partial charge in [0, 0.05) is 13.1 Å². The van der Waals surface area contributed by atoms with Gasteiger partial charge in [0.2, 0.25) is 0 Å². The highest BCUT2D eigenvalue weighted by Gasteiger charge is 2.31. The van der Waals surface area contributed by atoms with Gasteiger partial charge in [-0.05, 0) is 25.0 Å². The van der Waals surface area contributed by atoms with Gasteiger partial charge in [0.05, 0.1) is 0 Å². The Balaban J connectivity index is 2.20. The van der Waals surface area contributed by atoms with E-state index in [1.807, 2.05) is 60.7 Å². The van der Waals surface area contributed by atoms with Gasteiger partial charge in [0.1, 0.15) is 0 Å². The van der Waals surface area contributed by atoms with Crippen LogP contribution < -0.4 is 0 Å². The van der Waals surface area contributed by atoms with Crippen LogP contribution in [0.3, 0.4) is 0 Å². The number of amides is 1. The Morgan fingerprint density at radius 1 is 0.905 bits per heavy atom. The van der Waals surface area contributed by atoms with E-state index in [0.29, 0.717) is 13.1 Å². The monoisotopic (exact) mass is 285 g/mol. The van der Waals surface area contributed by atoms with Crippen molar-refractivity contribution in [2.45, 2.75) is 32.6 Å². The molecule has 0 atom stereocenters. The quantitative estimate of drug-likeness (QED) is 0.814. The summed E-state index contributed by atoms with van der Waals surface area (Å²) in [5, 5.41) is 0. The highest BCUT2D eigenvalue weighted by atomic mass is 19.1. The molecule has 21 heavy (non-hydrogen) atoms. The van der Waals surface area contributed by atoms with Gasteiger partial charge in [-0.1, -0.05) is 60.7 Å². The number of hydrogen-bond donors (Lipinski definition) is 0. The van der Waals surface area contributed by atoms with Crippen LogP contribution in [-0.2, 0) is 17.9 Å². The average Bonchev–Trinajstić information content (AvgIpc) is 2.47. The van der Waals surface area contributed by atoms with Gasteiger partial charge in [0.15, 0.2) is 5.67 Å². The fourth-order valence-electron chi connectivity index (χ4n) is 2.18. The zero-order chi connectivity index (χ0) is 15.3. The summed E-state index contributed by atoms with van der Waals surface area (Å²) in [6, 6.07) is 19.3. The van der Waals surface area contributed by atoms with E-state index in [1.54, 1.807) is 4.90 Å². The third kappa shape index (κ3) is 4.42. The maximum Gasteiger partial charge on any atom is 0.260 e. The number of hydrogen-bond acceptors (Lipinski definition) is 1. The van der Waals surface area contributed by atoms with Crippen molar-refractivity contribution >= 4 is 5.91 Å². The standard InChI is InChI=1S/C18H20FNO/c1-18(2,19)17(21)20(13-15-9-5-3-6-10-15)14-16-11-7-4-8-12-16/h3-12H,13-14H2,1-2H3. The highest BCUT2D eigenvalue weighted by molar-refractivity contribution is 5.84. The lowest BCUT2D eigenvalue weighted by atomic mass is 10.1. The van der Waals surface area contributed by atoms with Crippen molar-refractivity contribution in [1.29, 1.82) is 0 Å². The Kier molecular flexibility index (Phi) is 4.73. The van der Waals surface area contributed by atoms with E-state index in [2.05, 4.69) is 0 Å². The van der Waals surface area contributed by atoms with Gasteiger partial charge < -0.3 is 4.90 Å². The molecule has 1 amide bonds. The minimum Gasteiger partial charge on any atom is -0.331 e. The van der Waals surface area contributed by atoms with E-state index in [4.69, 9.17) is 0 Å². The first-order valence-electron chi connectivity index (χ1n) is 7.03. The van der Waals surface area contributed by atoms with Gasteiger partial charge in [-0.3, -0.25) is 4.79 Å². The Morgan fingerprint density at radius 2 is 1.29 bits per heavy atom. The smallest absolute Gasteiger partial charge is 0.260 e. The first-order chi connectivity index (χ1) is 9.97. The number of halogens is 1. The van der Waals surface area contributed by atoms with Crippen molar-refractivity contribution in [2.24, 2.45) is 0 Å². The first kappa shape index (κ1) is 15.2. The highest BCUT2D eigenvalue weighted by Crippen LogP contribution is 2.18. The normalized spacial score (nSPS) is 11.2. The molecular weight excluding hydrogens is 265 g/mol. The summed E-state index contributed by atoms with van der Waals surface area (Å²) in [7, 11) is 0. The lowest BCUT2D eigenvalue weighted by Gasteiger charge is -2.27. The van der Waals surface area contributed by atoms with Crippen LogP contribution in [0.4, 0.5) is 4.39 Å². The molecule has 3 heteroatoms. The van der Waals surface area contributed by atoms with Crippen molar-refractivity contribution < 1.29 is 9.18 Å². The molecule has 0 fully saturated rings. The Hall–Kier alpha value is -2.16. The van der Waals surface area contributed by atoms with Crippen LogP contribution in [0.1, 0.15) is 25.0 Å². The average molecular weight is 285 g/mol. The number of nitrogens with zero attached hydrogens (tertiary/aromatic N) is 1. The van der Waals surface area contributed by atoms with Gasteiger partial charge in [-0.2, -0.15) is 0 Å². The lowest BCUT2D eigenvalue weighted by Crippen LogP contribution is -2.41. The molecule has 0 heterocycles. The Labute approximate surface area is 125 Å². The summed E-state index contributed by atoms with van der Waals surface area (Å²) in [5.41, 5.74) is 0.112. The summed E-state index contributed by atoms with van der Waals surface area (Å²) >= 11 is 0. The van der Waals surface area contributed by atoms with Crippen molar-refractivity contribution in [3.63, 3.8) is 0 Å². The first-order valence-corrected chi connectivity index (χ1v) is 7.03. The van der Waals surface area contributed by atoms with E-state index in [-0.39, 0.29) is 0 Å². The maximum absolute atomic E-state index is 14.0. The van der Waals surface area contributed by atoms with Crippen molar-refractivity contribution in [3.05, 3.63) is 71.8 Å². The van der Waals surface area contributed by atoms with Crippen LogP contribution in [-0.4, -0.2) is 16.5 Å². The number of carbonyl (C=O) groups is 1. The molecule has 0 radical (unpaired) electrons. The van der Waals surface area contributed by atoms with Crippen molar-refractivity contribution in [2.75, 3.05) is 0 Å². The number of benzene rings is 2. The van der Waals surface area contributed by atoms with Crippen LogP contribution in [0, 0.1) is 0 Å². The summed E-state index contributed by atoms with van der Waals surface area (Å²) in [6.45, 7) is 3.42. The Morgan fingerprint density at radius 3 is 1.62 bits per heavy atom. The number of rotatable bonds is 5. The second-order valence-electron chi connectivity index (χ2n) is 5.60. The van der Waals surface area contributed by atoms with Crippen molar-refractivity contribution in [3.8, 4) is 0 Å². The summed E-state index contributed by atoms with van der Waals surface area (Å²) in [4.78, 5) is 13.9. The number of alkyl halides is 1. The predicted molar refractivity (Wildman–Crippen MR) is 82.3 cm³/mol. The molecule has 0 aliphatic carbocycles. The third-order valence-corrected chi connectivity index (χ3v) is 3.23. The lowest BCUT2D eigenvalue weighted by molar-refractivity contribution is -0.143. The molecule has 0 saturated heterocycles. The van der Waals surface area contributed by atoms with E-state index in [0.717, 1.165) is 11.1 Å². The zero-order valence-corrected chi connectivity index (χ0v) is 12.4. The number of carbonyl (C=O) groups excluding carboxylic acids is 1. The van der Waals surface area contributed by atoms with E-state index in [9.17, 15) is 9.18 Å². The largest absolute Gasteiger partial charge is 0.331 e. The Bertz CT molecular complexity index is 534. The van der Waals surface area contributed by atoms with Crippen LogP contribution in [0.5, 0.6) is 0 Å². The summed E-state index contributed by atoms with van der Waals surface area (Å²) in [5.74, 6) is -0.491. The molecule has 0 aliphatic heterocycles. The zero-order valence-electron chi connectivity index (χ0n) is 12.4. The molecule has 0 bridgehead atoms. The van der Waals surface area contributed by atoms with Crippen LogP contribution in [0.15, 0.2) is 60.7 Å². The van der Waals surface area contributed by atoms with E-state index < -0.39 is 11.6 Å². The van der Waals surface area contributed by atoms with Gasteiger partial charge in [0.25, 0.3) is 5.91 Å². The molecule has 0 aliphatic rings. The minimum atomic E-state index is -1.87. The fraction of sp³-hybridized carbons (Fsp3) is 0.278. The maximum atomic E-state index is 14.0. The molecule has 2 aromatic carbocycles. The summed E-state index contributed by atoms with van der Waals surface area (Å²) in [6.07, 6.45) is 0. The molecule has 2 aromatic rings. The second kappa shape index (κ2) is 6.53. The van der Waals surface area contributed by atoms with Gasteiger partial charge in [-0.25, -0.2) is 4.39 Å². The molecule has 110 valence electrons. The van der Waals surface area contributed by atoms with Crippen LogP contribution >= 0.6 is 0 Å². The molecule has 0 unspecified atom stereocenters. The topological polar surface area (TPSA) is 20.3 Å².